The van der Waals surface area contributed by atoms with Crippen LogP contribution >= 0.6 is 0 Å². The summed E-state index contributed by atoms with van der Waals surface area (Å²) in [6.07, 6.45) is 3.32. The summed E-state index contributed by atoms with van der Waals surface area (Å²) in [5.41, 5.74) is 5.61. The van der Waals surface area contributed by atoms with Crippen LogP contribution in [-0.2, 0) is 4.79 Å². The maximum Gasteiger partial charge on any atom is 0.252 e. The Morgan fingerprint density at radius 1 is 1.54 bits per heavy atom. The van der Waals surface area contributed by atoms with E-state index in [0.29, 0.717) is 18.9 Å². The van der Waals surface area contributed by atoms with Crippen molar-refractivity contribution in [1.82, 2.24) is 15.2 Å². The molecule has 0 aromatic carbocycles. The highest BCUT2D eigenvalue weighted by Crippen LogP contribution is 2.14. The van der Waals surface area contributed by atoms with E-state index >= 15 is 0 Å². The van der Waals surface area contributed by atoms with Gasteiger partial charge in [-0.2, -0.15) is 5.10 Å². The van der Waals surface area contributed by atoms with Crippen LogP contribution in [-0.4, -0.2) is 33.7 Å². The van der Waals surface area contributed by atoms with Gasteiger partial charge in [0, 0.05) is 19.0 Å². The second kappa shape index (κ2) is 3.06. The quantitative estimate of drug-likeness (QED) is 0.593. The van der Waals surface area contributed by atoms with Crippen LogP contribution in [0, 0.1) is 0 Å². The van der Waals surface area contributed by atoms with E-state index in [4.69, 9.17) is 5.73 Å². The van der Waals surface area contributed by atoms with Gasteiger partial charge in [-0.05, 0) is 0 Å². The van der Waals surface area contributed by atoms with Crippen molar-refractivity contribution in [2.75, 3.05) is 11.4 Å². The molecule has 68 valence electrons. The predicted octanol–water partition coefficient (Wildman–Crippen LogP) is -1.06. The molecule has 0 aliphatic carbocycles. The minimum atomic E-state index is -0.115. The van der Waals surface area contributed by atoms with Crippen LogP contribution in [0.5, 0.6) is 0 Å². The molecule has 1 aromatic heterocycles. The van der Waals surface area contributed by atoms with Crippen molar-refractivity contribution in [3.8, 4) is 0 Å². The Labute approximate surface area is 74.8 Å². The van der Waals surface area contributed by atoms with Gasteiger partial charge in [-0.3, -0.25) is 9.69 Å². The normalized spacial score (nSPS) is 22.4. The first kappa shape index (κ1) is 8.06. The minimum Gasteiger partial charge on any atom is -0.326 e. The van der Waals surface area contributed by atoms with Gasteiger partial charge in [-0.15, -0.1) is 5.10 Å². The lowest BCUT2D eigenvalue weighted by molar-refractivity contribution is -0.117. The Bertz CT molecular complexity index is 314. The number of hydrogen-bond donors (Lipinski definition) is 1. The van der Waals surface area contributed by atoms with Crippen LogP contribution in [0.4, 0.5) is 5.95 Å². The summed E-state index contributed by atoms with van der Waals surface area (Å²) >= 11 is 0. The molecule has 1 atom stereocenters. The second-order valence-electron chi connectivity index (χ2n) is 2.91. The zero-order valence-corrected chi connectivity index (χ0v) is 6.92. The molecule has 0 saturated carbocycles. The fourth-order valence-corrected chi connectivity index (χ4v) is 1.29. The molecule has 0 spiro atoms. The Morgan fingerprint density at radius 3 is 2.92 bits per heavy atom. The molecule has 1 aromatic rings. The van der Waals surface area contributed by atoms with Crippen LogP contribution < -0.4 is 10.6 Å². The van der Waals surface area contributed by atoms with E-state index < -0.39 is 0 Å². The summed E-state index contributed by atoms with van der Waals surface area (Å²) in [6.45, 7) is 0.477. The first-order valence-corrected chi connectivity index (χ1v) is 3.97. The minimum absolute atomic E-state index is 0.0412. The fraction of sp³-hybridized carbons (Fsp3) is 0.429. The lowest BCUT2D eigenvalue weighted by atomic mass is 10.3. The molecule has 1 amide bonds. The Kier molecular flexibility index (Phi) is 1.90. The molecule has 2 N–H and O–H groups in total. The molecule has 0 bridgehead atoms. The van der Waals surface area contributed by atoms with Gasteiger partial charge in [0.25, 0.3) is 5.95 Å². The van der Waals surface area contributed by atoms with E-state index in [1.165, 1.54) is 17.3 Å². The third kappa shape index (κ3) is 1.48. The molecule has 0 radical (unpaired) electrons. The summed E-state index contributed by atoms with van der Waals surface area (Å²) in [4.78, 5) is 16.7. The van der Waals surface area contributed by atoms with Crippen LogP contribution in [0.1, 0.15) is 6.42 Å². The summed E-state index contributed by atoms with van der Waals surface area (Å²) in [5.74, 6) is 0.293. The number of amides is 1. The van der Waals surface area contributed by atoms with E-state index in [0.717, 1.165) is 0 Å². The van der Waals surface area contributed by atoms with Gasteiger partial charge in [0.05, 0.1) is 12.4 Å². The highest BCUT2D eigenvalue weighted by Gasteiger charge is 2.29. The highest BCUT2D eigenvalue weighted by molar-refractivity contribution is 5.94. The first-order valence-electron chi connectivity index (χ1n) is 3.97. The molecule has 1 unspecified atom stereocenters. The summed E-state index contributed by atoms with van der Waals surface area (Å²) in [5, 5.41) is 7.38. The van der Waals surface area contributed by atoms with Crippen molar-refractivity contribution < 1.29 is 4.79 Å². The van der Waals surface area contributed by atoms with Crippen molar-refractivity contribution >= 4 is 11.9 Å². The van der Waals surface area contributed by atoms with Gasteiger partial charge in [-0.25, -0.2) is 4.98 Å². The molecule has 2 rings (SSSR count). The number of rotatable bonds is 1. The van der Waals surface area contributed by atoms with Gasteiger partial charge in [-0.1, -0.05) is 0 Å². The van der Waals surface area contributed by atoms with Crippen molar-refractivity contribution in [1.29, 1.82) is 0 Å². The monoisotopic (exact) mass is 179 g/mol. The molecule has 1 aliphatic heterocycles. The van der Waals surface area contributed by atoms with Crippen molar-refractivity contribution in [2.45, 2.75) is 12.5 Å². The molecular weight excluding hydrogens is 170 g/mol. The number of nitrogens with zero attached hydrogens (tertiary/aromatic N) is 4. The topological polar surface area (TPSA) is 85.0 Å². The zero-order valence-electron chi connectivity index (χ0n) is 6.92. The average Bonchev–Trinajstić information content (AvgIpc) is 2.47. The molecule has 13 heavy (non-hydrogen) atoms. The lowest BCUT2D eigenvalue weighted by Gasteiger charge is -2.11. The Morgan fingerprint density at radius 2 is 2.38 bits per heavy atom. The number of carbonyl (C=O) groups excluding carboxylic acids is 1. The van der Waals surface area contributed by atoms with Crippen LogP contribution in [0.15, 0.2) is 12.4 Å². The van der Waals surface area contributed by atoms with Gasteiger partial charge in [0.15, 0.2) is 0 Å². The van der Waals surface area contributed by atoms with E-state index in [1.807, 2.05) is 0 Å². The van der Waals surface area contributed by atoms with E-state index in [-0.39, 0.29) is 11.9 Å². The molecule has 1 saturated heterocycles. The van der Waals surface area contributed by atoms with E-state index in [1.54, 1.807) is 0 Å². The number of anilines is 1. The van der Waals surface area contributed by atoms with Crippen molar-refractivity contribution in [3.63, 3.8) is 0 Å². The third-order valence-electron chi connectivity index (χ3n) is 1.87. The Hall–Kier alpha value is -1.56. The van der Waals surface area contributed by atoms with Crippen molar-refractivity contribution in [2.24, 2.45) is 5.73 Å². The molecule has 1 fully saturated rings. The number of carbonyl (C=O) groups is 1. The smallest absolute Gasteiger partial charge is 0.252 e. The standard InChI is InChI=1S/C7H9N5O/c8-5-3-6(13)12(4-5)7-9-1-2-10-11-7/h1-2,5H,3-4,8H2. The van der Waals surface area contributed by atoms with E-state index in [9.17, 15) is 4.79 Å². The number of nitrogens with two attached hydrogens (primary N) is 1. The maximum atomic E-state index is 11.3. The fourth-order valence-electron chi connectivity index (χ4n) is 1.29. The van der Waals surface area contributed by atoms with Gasteiger partial charge >= 0.3 is 0 Å². The van der Waals surface area contributed by atoms with Gasteiger partial charge in [0.2, 0.25) is 5.91 Å². The predicted molar refractivity (Wildman–Crippen MR) is 44.8 cm³/mol. The lowest BCUT2D eigenvalue weighted by Crippen LogP contribution is -2.29. The van der Waals surface area contributed by atoms with Crippen LogP contribution in [0.3, 0.4) is 0 Å². The summed E-state index contributed by atoms with van der Waals surface area (Å²) < 4.78 is 0. The summed E-state index contributed by atoms with van der Waals surface area (Å²) in [7, 11) is 0. The molecular formula is C7H9N5O. The maximum absolute atomic E-state index is 11.3. The molecule has 6 heteroatoms. The first-order chi connectivity index (χ1) is 6.27. The molecule has 2 heterocycles. The summed E-state index contributed by atoms with van der Waals surface area (Å²) in [6, 6.07) is -0.115. The van der Waals surface area contributed by atoms with Crippen molar-refractivity contribution in [3.05, 3.63) is 12.4 Å². The number of aromatic nitrogens is 3. The Balaban J connectivity index is 2.23. The number of hydrogen-bond acceptors (Lipinski definition) is 5. The molecule has 6 nitrogen and oxygen atoms in total. The third-order valence-corrected chi connectivity index (χ3v) is 1.87. The van der Waals surface area contributed by atoms with Crippen LogP contribution in [0.25, 0.3) is 0 Å². The zero-order chi connectivity index (χ0) is 9.26. The van der Waals surface area contributed by atoms with E-state index in [2.05, 4.69) is 15.2 Å². The molecule has 1 aliphatic rings. The second-order valence-corrected chi connectivity index (χ2v) is 2.91. The SMILES string of the molecule is NC1CC(=O)N(c2nccnn2)C1. The highest BCUT2D eigenvalue weighted by atomic mass is 16.2. The largest absolute Gasteiger partial charge is 0.326 e. The van der Waals surface area contributed by atoms with Gasteiger partial charge in [0.1, 0.15) is 0 Å². The van der Waals surface area contributed by atoms with Gasteiger partial charge < -0.3 is 5.73 Å². The average molecular weight is 179 g/mol. The van der Waals surface area contributed by atoms with Crippen LogP contribution in [0.2, 0.25) is 0 Å².